The SMILES string of the molecule is Cc1c(C(=O)c2ccccc2)c2cc(O)ccc2n1-c1ccc(Cl)cc1. The van der Waals surface area contributed by atoms with Crippen molar-refractivity contribution >= 4 is 28.3 Å². The molecule has 0 unspecified atom stereocenters. The standard InChI is InChI=1S/C22H16ClNO2/c1-14-21(22(26)15-5-3-2-4-6-15)19-13-18(25)11-12-20(19)24(14)17-9-7-16(23)8-10-17/h2-13,25H,1H3. The van der Waals surface area contributed by atoms with E-state index in [0.29, 0.717) is 16.1 Å². The third-order valence-corrected chi connectivity index (χ3v) is 4.79. The number of carbonyl (C=O) groups is 1. The Morgan fingerprint density at radius 2 is 1.65 bits per heavy atom. The summed E-state index contributed by atoms with van der Waals surface area (Å²) in [4.78, 5) is 13.2. The molecule has 1 N–H and O–H groups in total. The van der Waals surface area contributed by atoms with Crippen molar-refractivity contribution < 1.29 is 9.90 Å². The number of benzene rings is 3. The Kier molecular flexibility index (Phi) is 4.02. The zero-order valence-electron chi connectivity index (χ0n) is 14.1. The molecule has 0 spiro atoms. The number of rotatable bonds is 3. The van der Waals surface area contributed by atoms with Crippen LogP contribution in [0.5, 0.6) is 5.75 Å². The molecule has 0 aliphatic rings. The minimum Gasteiger partial charge on any atom is -0.508 e. The Balaban J connectivity index is 2.02. The van der Waals surface area contributed by atoms with Crippen LogP contribution in [0.25, 0.3) is 16.6 Å². The van der Waals surface area contributed by atoms with Crippen molar-refractivity contribution in [1.82, 2.24) is 4.57 Å². The molecule has 4 heteroatoms. The summed E-state index contributed by atoms with van der Waals surface area (Å²) in [5, 5.41) is 11.4. The third kappa shape index (κ3) is 2.67. The van der Waals surface area contributed by atoms with Crippen molar-refractivity contribution in [3.05, 3.63) is 94.6 Å². The second-order valence-electron chi connectivity index (χ2n) is 6.17. The van der Waals surface area contributed by atoms with Gasteiger partial charge in [0.25, 0.3) is 0 Å². The summed E-state index contributed by atoms with van der Waals surface area (Å²) in [7, 11) is 0. The van der Waals surface area contributed by atoms with Crippen LogP contribution in [0, 0.1) is 6.92 Å². The van der Waals surface area contributed by atoms with Gasteiger partial charge in [-0.2, -0.15) is 0 Å². The number of fused-ring (bicyclic) bond motifs is 1. The molecule has 0 aliphatic carbocycles. The van der Waals surface area contributed by atoms with E-state index in [0.717, 1.165) is 22.3 Å². The fourth-order valence-corrected chi connectivity index (χ4v) is 3.48. The number of hydrogen-bond donors (Lipinski definition) is 1. The number of aromatic hydroxyl groups is 1. The van der Waals surface area contributed by atoms with Gasteiger partial charge in [0.2, 0.25) is 0 Å². The lowest BCUT2D eigenvalue weighted by Crippen LogP contribution is -2.04. The summed E-state index contributed by atoms with van der Waals surface area (Å²) in [5.41, 5.74) is 3.81. The number of halogens is 1. The van der Waals surface area contributed by atoms with E-state index in [2.05, 4.69) is 0 Å². The normalized spacial score (nSPS) is 11.0. The molecule has 3 nitrogen and oxygen atoms in total. The van der Waals surface area contributed by atoms with Crippen molar-refractivity contribution in [3.8, 4) is 11.4 Å². The summed E-state index contributed by atoms with van der Waals surface area (Å²) in [5.74, 6) is 0.0688. The molecular weight excluding hydrogens is 346 g/mol. The van der Waals surface area contributed by atoms with Gasteiger partial charge in [-0.15, -0.1) is 0 Å². The molecular formula is C22H16ClNO2. The molecule has 0 amide bonds. The van der Waals surface area contributed by atoms with E-state index < -0.39 is 0 Å². The van der Waals surface area contributed by atoms with E-state index in [9.17, 15) is 9.90 Å². The molecule has 0 aliphatic heterocycles. The number of ketones is 1. The van der Waals surface area contributed by atoms with Gasteiger partial charge in [0, 0.05) is 27.4 Å². The van der Waals surface area contributed by atoms with E-state index in [1.807, 2.05) is 60.0 Å². The molecule has 4 rings (SSSR count). The maximum Gasteiger partial charge on any atom is 0.195 e. The Morgan fingerprint density at radius 3 is 2.35 bits per heavy atom. The van der Waals surface area contributed by atoms with Crippen molar-refractivity contribution in [2.45, 2.75) is 6.92 Å². The van der Waals surface area contributed by atoms with E-state index in [-0.39, 0.29) is 11.5 Å². The zero-order chi connectivity index (χ0) is 18.3. The van der Waals surface area contributed by atoms with Crippen molar-refractivity contribution in [2.24, 2.45) is 0 Å². The zero-order valence-corrected chi connectivity index (χ0v) is 14.9. The maximum absolute atomic E-state index is 13.2. The summed E-state index contributed by atoms with van der Waals surface area (Å²) >= 11 is 6.02. The molecule has 1 aromatic heterocycles. The van der Waals surface area contributed by atoms with E-state index in [4.69, 9.17) is 11.6 Å². The van der Waals surface area contributed by atoms with Crippen LogP contribution < -0.4 is 0 Å². The van der Waals surface area contributed by atoms with Gasteiger partial charge in [-0.1, -0.05) is 41.9 Å². The molecule has 1 heterocycles. The fourth-order valence-electron chi connectivity index (χ4n) is 3.35. The lowest BCUT2D eigenvalue weighted by molar-refractivity contribution is 0.103. The number of carbonyl (C=O) groups excluding carboxylic acids is 1. The van der Waals surface area contributed by atoms with Crippen LogP contribution in [0.1, 0.15) is 21.6 Å². The van der Waals surface area contributed by atoms with Crippen LogP contribution in [0.4, 0.5) is 0 Å². The third-order valence-electron chi connectivity index (χ3n) is 4.54. The predicted octanol–water partition coefficient (Wildman–Crippen LogP) is 5.53. The molecule has 0 fully saturated rings. The Bertz CT molecular complexity index is 1110. The van der Waals surface area contributed by atoms with Gasteiger partial charge in [0.15, 0.2) is 5.78 Å². The summed E-state index contributed by atoms with van der Waals surface area (Å²) < 4.78 is 2.02. The molecule has 4 aromatic rings. The molecule has 26 heavy (non-hydrogen) atoms. The lowest BCUT2D eigenvalue weighted by Gasteiger charge is -2.09. The second-order valence-corrected chi connectivity index (χ2v) is 6.61. The highest BCUT2D eigenvalue weighted by atomic mass is 35.5. The first kappa shape index (κ1) is 16.4. The first-order valence-electron chi connectivity index (χ1n) is 8.26. The lowest BCUT2D eigenvalue weighted by atomic mass is 10.0. The second kappa shape index (κ2) is 6.36. The fraction of sp³-hybridized carbons (Fsp3) is 0.0455. The Labute approximate surface area is 156 Å². The van der Waals surface area contributed by atoms with Crippen LogP contribution in [0.3, 0.4) is 0 Å². The average Bonchev–Trinajstić information content (AvgIpc) is 2.94. The van der Waals surface area contributed by atoms with Crippen molar-refractivity contribution in [3.63, 3.8) is 0 Å². The van der Waals surface area contributed by atoms with Crippen LogP contribution >= 0.6 is 11.6 Å². The van der Waals surface area contributed by atoms with Crippen LogP contribution in [-0.4, -0.2) is 15.5 Å². The summed E-state index contributed by atoms with van der Waals surface area (Å²) in [6.07, 6.45) is 0. The Hall–Kier alpha value is -3.04. The number of nitrogens with zero attached hydrogens (tertiary/aromatic N) is 1. The largest absolute Gasteiger partial charge is 0.508 e. The quantitative estimate of drug-likeness (QED) is 0.487. The van der Waals surface area contributed by atoms with Crippen molar-refractivity contribution in [2.75, 3.05) is 0 Å². The smallest absolute Gasteiger partial charge is 0.195 e. The molecule has 128 valence electrons. The van der Waals surface area contributed by atoms with Crippen LogP contribution in [0.2, 0.25) is 5.02 Å². The van der Waals surface area contributed by atoms with Gasteiger partial charge >= 0.3 is 0 Å². The minimum atomic E-state index is -0.0635. The monoisotopic (exact) mass is 361 g/mol. The Morgan fingerprint density at radius 1 is 0.962 bits per heavy atom. The summed E-state index contributed by atoms with van der Waals surface area (Å²) in [6, 6.07) is 21.7. The molecule has 0 bridgehead atoms. The first-order chi connectivity index (χ1) is 12.6. The molecule has 0 atom stereocenters. The van der Waals surface area contributed by atoms with E-state index in [1.165, 1.54) is 0 Å². The van der Waals surface area contributed by atoms with Gasteiger partial charge in [0.1, 0.15) is 5.75 Å². The number of hydrogen-bond acceptors (Lipinski definition) is 2. The summed E-state index contributed by atoms with van der Waals surface area (Å²) in [6.45, 7) is 1.92. The molecule has 3 aromatic carbocycles. The molecule has 0 saturated carbocycles. The maximum atomic E-state index is 13.2. The highest BCUT2D eigenvalue weighted by molar-refractivity contribution is 6.30. The average molecular weight is 362 g/mol. The van der Waals surface area contributed by atoms with Gasteiger partial charge < -0.3 is 9.67 Å². The first-order valence-corrected chi connectivity index (χ1v) is 8.64. The minimum absolute atomic E-state index is 0.0635. The van der Waals surface area contributed by atoms with Gasteiger partial charge in [-0.25, -0.2) is 0 Å². The van der Waals surface area contributed by atoms with Gasteiger partial charge in [-0.05, 0) is 49.4 Å². The van der Waals surface area contributed by atoms with E-state index in [1.54, 1.807) is 24.3 Å². The van der Waals surface area contributed by atoms with Crippen molar-refractivity contribution in [1.29, 1.82) is 0 Å². The van der Waals surface area contributed by atoms with Crippen LogP contribution in [-0.2, 0) is 0 Å². The number of aromatic nitrogens is 1. The molecule has 0 saturated heterocycles. The number of phenolic OH excluding ortho intramolecular Hbond substituents is 1. The highest BCUT2D eigenvalue weighted by Crippen LogP contribution is 2.33. The van der Waals surface area contributed by atoms with Gasteiger partial charge in [0.05, 0.1) is 11.1 Å². The molecule has 0 radical (unpaired) electrons. The topological polar surface area (TPSA) is 42.2 Å². The highest BCUT2D eigenvalue weighted by Gasteiger charge is 2.22. The van der Waals surface area contributed by atoms with Gasteiger partial charge in [-0.3, -0.25) is 4.79 Å². The number of phenols is 1. The van der Waals surface area contributed by atoms with Crippen LogP contribution in [0.15, 0.2) is 72.8 Å². The predicted molar refractivity (Wildman–Crippen MR) is 105 cm³/mol. The van der Waals surface area contributed by atoms with E-state index >= 15 is 0 Å².